The molecule has 6 heteroatoms. The number of likely N-dealkylation sites (tertiary alicyclic amines) is 1. The zero-order valence-electron chi connectivity index (χ0n) is 11.2. The van der Waals surface area contributed by atoms with E-state index in [0.29, 0.717) is 41.7 Å². The van der Waals surface area contributed by atoms with E-state index in [4.69, 9.17) is 23.2 Å². The molecule has 0 aliphatic carbocycles. The van der Waals surface area contributed by atoms with E-state index in [0.717, 1.165) is 0 Å². The Labute approximate surface area is 128 Å². The molecule has 2 amide bonds. The molecule has 1 aromatic rings. The summed E-state index contributed by atoms with van der Waals surface area (Å²) >= 11 is 12.1. The minimum atomic E-state index is -0.113. The van der Waals surface area contributed by atoms with E-state index in [2.05, 4.69) is 5.32 Å². The Morgan fingerprint density at radius 3 is 2.25 bits per heavy atom. The van der Waals surface area contributed by atoms with Crippen molar-refractivity contribution in [1.82, 2.24) is 4.90 Å². The number of nitrogens with one attached hydrogen (secondary N) is 1. The van der Waals surface area contributed by atoms with Crippen molar-refractivity contribution in [3.63, 3.8) is 0 Å². The summed E-state index contributed by atoms with van der Waals surface area (Å²) in [5.41, 5.74) is 0.454. The van der Waals surface area contributed by atoms with Gasteiger partial charge >= 0.3 is 0 Å². The van der Waals surface area contributed by atoms with Crippen LogP contribution in [0.1, 0.15) is 19.8 Å². The second kappa shape index (κ2) is 6.46. The summed E-state index contributed by atoms with van der Waals surface area (Å²) in [6.07, 6.45) is 1.32. The van der Waals surface area contributed by atoms with Crippen molar-refractivity contribution in [3.05, 3.63) is 28.2 Å². The van der Waals surface area contributed by atoms with Crippen molar-refractivity contribution in [2.45, 2.75) is 19.8 Å². The number of nitrogens with zero attached hydrogens (tertiary/aromatic N) is 1. The van der Waals surface area contributed by atoms with Crippen LogP contribution in [-0.2, 0) is 9.59 Å². The van der Waals surface area contributed by atoms with Gasteiger partial charge in [-0.3, -0.25) is 9.59 Å². The van der Waals surface area contributed by atoms with Gasteiger partial charge in [0.1, 0.15) is 0 Å². The normalized spacial score (nSPS) is 16.1. The summed E-state index contributed by atoms with van der Waals surface area (Å²) in [5, 5.41) is 3.63. The topological polar surface area (TPSA) is 49.4 Å². The third kappa shape index (κ3) is 3.44. The van der Waals surface area contributed by atoms with Crippen LogP contribution in [0.5, 0.6) is 0 Å². The van der Waals surface area contributed by atoms with Crippen LogP contribution in [0.2, 0.25) is 10.0 Å². The molecule has 108 valence electrons. The van der Waals surface area contributed by atoms with Crippen molar-refractivity contribution in [3.8, 4) is 0 Å². The van der Waals surface area contributed by atoms with Crippen LogP contribution >= 0.6 is 23.2 Å². The summed E-state index contributed by atoms with van der Waals surface area (Å²) < 4.78 is 0. The maximum Gasteiger partial charge on any atom is 0.227 e. The van der Waals surface area contributed by atoms with Gasteiger partial charge < -0.3 is 10.2 Å². The first-order valence-electron chi connectivity index (χ1n) is 6.49. The van der Waals surface area contributed by atoms with Crippen LogP contribution in [0.25, 0.3) is 0 Å². The second-order valence-corrected chi connectivity index (χ2v) is 5.68. The molecule has 2 rings (SSSR count). The highest BCUT2D eigenvalue weighted by molar-refractivity contribution is 6.39. The predicted molar refractivity (Wildman–Crippen MR) is 80.1 cm³/mol. The van der Waals surface area contributed by atoms with Gasteiger partial charge in [-0.15, -0.1) is 0 Å². The lowest BCUT2D eigenvalue weighted by molar-refractivity contribution is -0.132. The first kappa shape index (κ1) is 15.1. The van der Waals surface area contributed by atoms with Crippen molar-refractivity contribution >= 4 is 40.7 Å². The Morgan fingerprint density at radius 1 is 1.20 bits per heavy atom. The molecule has 0 atom stereocenters. The van der Waals surface area contributed by atoms with Gasteiger partial charge in [-0.1, -0.05) is 29.3 Å². The van der Waals surface area contributed by atoms with Crippen molar-refractivity contribution in [2.24, 2.45) is 5.92 Å². The first-order valence-corrected chi connectivity index (χ1v) is 7.25. The van der Waals surface area contributed by atoms with E-state index in [-0.39, 0.29) is 17.7 Å². The van der Waals surface area contributed by atoms with Crippen LogP contribution in [0.3, 0.4) is 0 Å². The van der Waals surface area contributed by atoms with Crippen molar-refractivity contribution in [2.75, 3.05) is 18.4 Å². The molecule has 1 N–H and O–H groups in total. The second-order valence-electron chi connectivity index (χ2n) is 4.87. The number of hydrogen-bond donors (Lipinski definition) is 1. The van der Waals surface area contributed by atoms with E-state index in [1.54, 1.807) is 30.0 Å². The number of hydrogen-bond acceptors (Lipinski definition) is 2. The molecule has 1 aliphatic heterocycles. The fourth-order valence-electron chi connectivity index (χ4n) is 2.30. The maximum atomic E-state index is 12.2. The largest absolute Gasteiger partial charge is 0.343 e. The zero-order chi connectivity index (χ0) is 14.7. The average Bonchev–Trinajstić information content (AvgIpc) is 2.43. The van der Waals surface area contributed by atoms with Gasteiger partial charge in [0.25, 0.3) is 0 Å². The van der Waals surface area contributed by atoms with Gasteiger partial charge in [0.2, 0.25) is 11.8 Å². The number of amides is 2. The third-order valence-corrected chi connectivity index (χ3v) is 4.15. The van der Waals surface area contributed by atoms with Gasteiger partial charge in [0.05, 0.1) is 15.7 Å². The quantitative estimate of drug-likeness (QED) is 0.911. The number of anilines is 1. The smallest absolute Gasteiger partial charge is 0.227 e. The lowest BCUT2D eigenvalue weighted by Crippen LogP contribution is -2.40. The molecular formula is C14H16Cl2N2O2. The van der Waals surface area contributed by atoms with E-state index in [1.807, 2.05) is 0 Å². The van der Waals surface area contributed by atoms with Gasteiger partial charge in [-0.2, -0.15) is 0 Å². The lowest BCUT2D eigenvalue weighted by atomic mass is 9.96. The Bertz CT molecular complexity index is 506. The lowest BCUT2D eigenvalue weighted by Gasteiger charge is -2.30. The number of benzene rings is 1. The number of carbonyl (C=O) groups is 2. The van der Waals surface area contributed by atoms with Crippen LogP contribution < -0.4 is 5.32 Å². The fraction of sp³-hybridized carbons (Fsp3) is 0.429. The van der Waals surface area contributed by atoms with E-state index >= 15 is 0 Å². The molecular weight excluding hydrogens is 299 g/mol. The van der Waals surface area contributed by atoms with Crippen molar-refractivity contribution < 1.29 is 9.59 Å². The minimum Gasteiger partial charge on any atom is -0.343 e. The van der Waals surface area contributed by atoms with Crippen LogP contribution in [0, 0.1) is 5.92 Å². The van der Waals surface area contributed by atoms with E-state index in [9.17, 15) is 9.59 Å². The molecule has 0 unspecified atom stereocenters. The monoisotopic (exact) mass is 314 g/mol. The summed E-state index contributed by atoms with van der Waals surface area (Å²) in [6.45, 7) is 2.78. The van der Waals surface area contributed by atoms with Crippen LogP contribution in [0.4, 0.5) is 5.69 Å². The summed E-state index contributed by atoms with van der Waals surface area (Å²) in [5.74, 6) is -0.154. The maximum absolute atomic E-state index is 12.2. The van der Waals surface area contributed by atoms with Crippen molar-refractivity contribution in [1.29, 1.82) is 0 Å². The Kier molecular flexibility index (Phi) is 4.89. The number of halogens is 2. The number of rotatable bonds is 2. The average molecular weight is 315 g/mol. The van der Waals surface area contributed by atoms with Gasteiger partial charge in [-0.25, -0.2) is 0 Å². The van der Waals surface area contributed by atoms with E-state index in [1.165, 1.54) is 0 Å². The van der Waals surface area contributed by atoms with Crippen LogP contribution in [-0.4, -0.2) is 29.8 Å². The molecule has 4 nitrogen and oxygen atoms in total. The SMILES string of the molecule is CC(=O)N1CCC(C(=O)Nc2c(Cl)cccc2Cl)CC1. The van der Waals surface area contributed by atoms with Gasteiger partial charge in [0.15, 0.2) is 0 Å². The highest BCUT2D eigenvalue weighted by Crippen LogP contribution is 2.31. The fourth-order valence-corrected chi connectivity index (χ4v) is 2.79. The molecule has 1 aliphatic rings. The molecule has 1 fully saturated rings. The number of piperidine rings is 1. The third-order valence-electron chi connectivity index (χ3n) is 3.52. The highest BCUT2D eigenvalue weighted by atomic mass is 35.5. The predicted octanol–water partition coefficient (Wildman–Crippen LogP) is 3.19. The van der Waals surface area contributed by atoms with Crippen LogP contribution in [0.15, 0.2) is 18.2 Å². The Morgan fingerprint density at radius 2 is 1.75 bits per heavy atom. The highest BCUT2D eigenvalue weighted by Gasteiger charge is 2.26. The molecule has 0 bridgehead atoms. The van der Waals surface area contributed by atoms with Gasteiger partial charge in [0, 0.05) is 25.9 Å². The zero-order valence-corrected chi connectivity index (χ0v) is 12.7. The Hall–Kier alpha value is -1.26. The Balaban J connectivity index is 1.98. The minimum absolute atomic E-state index is 0.0537. The molecule has 0 saturated carbocycles. The number of carbonyl (C=O) groups excluding carboxylic acids is 2. The first-order chi connectivity index (χ1) is 9.49. The molecule has 0 aromatic heterocycles. The number of para-hydroxylation sites is 1. The van der Waals surface area contributed by atoms with E-state index < -0.39 is 0 Å². The molecule has 1 saturated heterocycles. The standard InChI is InChI=1S/C14H16Cl2N2O2/c1-9(19)18-7-5-10(6-8-18)14(20)17-13-11(15)3-2-4-12(13)16/h2-4,10H,5-8H2,1H3,(H,17,20). The summed E-state index contributed by atoms with van der Waals surface area (Å²) in [7, 11) is 0. The molecule has 20 heavy (non-hydrogen) atoms. The molecule has 0 spiro atoms. The summed E-state index contributed by atoms with van der Waals surface area (Å²) in [4.78, 5) is 25.2. The van der Waals surface area contributed by atoms with Gasteiger partial charge in [-0.05, 0) is 25.0 Å². The molecule has 1 heterocycles. The molecule has 0 radical (unpaired) electrons. The summed E-state index contributed by atoms with van der Waals surface area (Å²) in [6, 6.07) is 5.09. The molecule has 1 aromatic carbocycles.